The van der Waals surface area contributed by atoms with E-state index in [1.807, 2.05) is 48.5 Å². The van der Waals surface area contributed by atoms with Gasteiger partial charge in [-0.05, 0) is 51.9 Å². The highest BCUT2D eigenvalue weighted by atomic mass is 19.4. The van der Waals surface area contributed by atoms with Crippen molar-refractivity contribution in [1.29, 1.82) is 0 Å². The molecule has 3 heteroatoms. The van der Waals surface area contributed by atoms with Gasteiger partial charge in [-0.1, -0.05) is 48.5 Å². The number of aryl methyl sites for hydroxylation is 1. The quantitative estimate of drug-likeness (QED) is 0.448. The van der Waals surface area contributed by atoms with E-state index in [1.54, 1.807) is 0 Å². The highest BCUT2D eigenvalue weighted by molar-refractivity contribution is 6.08. The van der Waals surface area contributed by atoms with Gasteiger partial charge in [0.2, 0.25) is 0 Å². The first-order valence-electron chi connectivity index (χ1n) is 7.55. The highest BCUT2D eigenvalue weighted by Crippen LogP contribution is 2.46. The fraction of sp³-hybridized carbons (Fsp3) is 0.263. The van der Waals surface area contributed by atoms with Crippen molar-refractivity contribution in [2.75, 3.05) is 0 Å². The van der Waals surface area contributed by atoms with Crippen molar-refractivity contribution in [3.8, 4) is 0 Å². The van der Waals surface area contributed by atoms with Crippen molar-refractivity contribution in [2.45, 2.75) is 31.4 Å². The molecule has 0 amide bonds. The molecule has 22 heavy (non-hydrogen) atoms. The molecule has 0 heterocycles. The van der Waals surface area contributed by atoms with E-state index in [4.69, 9.17) is 0 Å². The second-order valence-corrected chi connectivity index (χ2v) is 6.01. The van der Waals surface area contributed by atoms with Gasteiger partial charge in [-0.25, -0.2) is 0 Å². The average molecular weight is 300 g/mol. The largest absolute Gasteiger partial charge is 0.395 e. The number of alkyl halides is 3. The molecule has 0 nitrogen and oxygen atoms in total. The first-order valence-corrected chi connectivity index (χ1v) is 7.55. The molecule has 0 aliphatic heterocycles. The van der Waals surface area contributed by atoms with Crippen molar-refractivity contribution in [3.63, 3.8) is 0 Å². The van der Waals surface area contributed by atoms with E-state index in [0.717, 1.165) is 33.5 Å². The van der Waals surface area contributed by atoms with Gasteiger partial charge in [-0.3, -0.25) is 0 Å². The van der Waals surface area contributed by atoms with Crippen LogP contribution in [0.15, 0.2) is 48.5 Å². The van der Waals surface area contributed by atoms with Crippen molar-refractivity contribution in [3.05, 3.63) is 59.7 Å². The smallest absolute Gasteiger partial charge is 0.170 e. The number of halogens is 3. The lowest BCUT2D eigenvalue weighted by Crippen LogP contribution is -2.25. The van der Waals surface area contributed by atoms with Crippen LogP contribution < -0.4 is 0 Å². The van der Waals surface area contributed by atoms with Crippen LogP contribution in [0.4, 0.5) is 13.2 Å². The molecule has 0 saturated carbocycles. The molecule has 112 valence electrons. The fourth-order valence-electron chi connectivity index (χ4n) is 3.75. The SMILES string of the molecule is FC(F)(F)C1CCCc2ccc3c(ccc4ccccc43)c21. The van der Waals surface area contributed by atoms with Gasteiger partial charge in [-0.2, -0.15) is 13.2 Å². The van der Waals surface area contributed by atoms with Gasteiger partial charge >= 0.3 is 6.18 Å². The van der Waals surface area contributed by atoms with Crippen LogP contribution in [0.5, 0.6) is 0 Å². The standard InChI is InChI=1S/C19H15F3/c20-19(21,22)17-7-3-5-13-9-10-15-14-6-2-1-4-12(14)8-11-16(15)18(13)17/h1-2,4,6,8-11,17H,3,5,7H2. The van der Waals surface area contributed by atoms with Crippen LogP contribution in [0, 0.1) is 0 Å². The lowest BCUT2D eigenvalue weighted by atomic mass is 9.79. The molecule has 0 radical (unpaired) electrons. The third-order valence-electron chi connectivity index (χ3n) is 4.74. The maximum absolute atomic E-state index is 13.5. The van der Waals surface area contributed by atoms with Crippen LogP contribution in [0.25, 0.3) is 21.5 Å². The Morgan fingerprint density at radius 3 is 2.41 bits per heavy atom. The molecular formula is C19H15F3. The summed E-state index contributed by atoms with van der Waals surface area (Å²) in [7, 11) is 0. The molecule has 4 rings (SSSR count). The zero-order valence-electron chi connectivity index (χ0n) is 12.0. The highest BCUT2D eigenvalue weighted by Gasteiger charge is 2.43. The summed E-state index contributed by atoms with van der Waals surface area (Å²) in [5.41, 5.74) is 1.36. The van der Waals surface area contributed by atoms with Gasteiger partial charge in [0, 0.05) is 0 Å². The first-order chi connectivity index (χ1) is 10.6. The minimum atomic E-state index is -4.17. The molecule has 0 aromatic heterocycles. The molecule has 0 saturated heterocycles. The number of hydrogen-bond acceptors (Lipinski definition) is 0. The summed E-state index contributed by atoms with van der Waals surface area (Å²) in [5.74, 6) is -1.33. The summed E-state index contributed by atoms with van der Waals surface area (Å²) >= 11 is 0. The Labute approximate surface area is 126 Å². The van der Waals surface area contributed by atoms with Crippen molar-refractivity contribution < 1.29 is 13.2 Å². The Kier molecular flexibility index (Phi) is 2.93. The Morgan fingerprint density at radius 1 is 0.818 bits per heavy atom. The van der Waals surface area contributed by atoms with Gasteiger partial charge in [-0.15, -0.1) is 0 Å². The van der Waals surface area contributed by atoms with E-state index >= 15 is 0 Å². The molecule has 1 atom stereocenters. The lowest BCUT2D eigenvalue weighted by molar-refractivity contribution is -0.153. The summed E-state index contributed by atoms with van der Waals surface area (Å²) in [5, 5.41) is 3.77. The van der Waals surface area contributed by atoms with Gasteiger partial charge in [0.25, 0.3) is 0 Å². The molecule has 1 aliphatic rings. The molecule has 3 aromatic carbocycles. The Hall–Kier alpha value is -2.03. The molecule has 1 aliphatic carbocycles. The second kappa shape index (κ2) is 4.73. The average Bonchev–Trinajstić information content (AvgIpc) is 2.52. The maximum atomic E-state index is 13.5. The second-order valence-electron chi connectivity index (χ2n) is 6.01. The van der Waals surface area contributed by atoms with E-state index in [9.17, 15) is 13.2 Å². The minimum absolute atomic E-state index is 0.197. The van der Waals surface area contributed by atoms with E-state index in [1.165, 1.54) is 0 Å². The van der Waals surface area contributed by atoms with Gasteiger partial charge in [0.15, 0.2) is 0 Å². The van der Waals surface area contributed by atoms with Gasteiger partial charge in [0.1, 0.15) is 0 Å². The number of benzene rings is 3. The number of fused-ring (bicyclic) bond motifs is 5. The van der Waals surface area contributed by atoms with Gasteiger partial charge in [0.05, 0.1) is 5.92 Å². The fourth-order valence-corrected chi connectivity index (χ4v) is 3.75. The topological polar surface area (TPSA) is 0 Å². The monoisotopic (exact) mass is 300 g/mol. The number of rotatable bonds is 0. The van der Waals surface area contributed by atoms with E-state index in [-0.39, 0.29) is 6.42 Å². The van der Waals surface area contributed by atoms with Crippen LogP contribution in [-0.4, -0.2) is 6.18 Å². The summed E-state index contributed by atoms with van der Waals surface area (Å²) in [4.78, 5) is 0. The predicted molar refractivity (Wildman–Crippen MR) is 83.2 cm³/mol. The van der Waals surface area contributed by atoms with E-state index in [2.05, 4.69) is 0 Å². The number of hydrogen-bond donors (Lipinski definition) is 0. The zero-order chi connectivity index (χ0) is 15.3. The van der Waals surface area contributed by atoms with E-state index in [0.29, 0.717) is 12.0 Å². The summed E-state index contributed by atoms with van der Waals surface area (Å²) < 4.78 is 40.4. The Balaban J connectivity index is 2.08. The van der Waals surface area contributed by atoms with Crippen LogP contribution >= 0.6 is 0 Å². The minimum Gasteiger partial charge on any atom is -0.170 e. The molecule has 0 spiro atoms. The summed E-state index contributed by atoms with van der Waals surface area (Å²) in [6.07, 6.45) is -2.63. The maximum Gasteiger partial charge on any atom is 0.395 e. The first kappa shape index (κ1) is 13.6. The molecule has 3 aromatic rings. The van der Waals surface area contributed by atoms with Crippen molar-refractivity contribution in [2.24, 2.45) is 0 Å². The molecule has 0 bridgehead atoms. The van der Waals surface area contributed by atoms with Crippen LogP contribution in [0.3, 0.4) is 0 Å². The van der Waals surface area contributed by atoms with Crippen LogP contribution in [0.1, 0.15) is 29.9 Å². The van der Waals surface area contributed by atoms with Crippen molar-refractivity contribution >= 4 is 21.5 Å². The Morgan fingerprint density at radius 2 is 1.59 bits per heavy atom. The molecule has 0 fully saturated rings. The predicted octanol–water partition coefficient (Wildman–Crippen LogP) is 5.98. The third kappa shape index (κ3) is 1.99. The molecule has 1 unspecified atom stereocenters. The Bertz CT molecular complexity index is 862. The van der Waals surface area contributed by atoms with Crippen LogP contribution in [-0.2, 0) is 6.42 Å². The third-order valence-corrected chi connectivity index (χ3v) is 4.74. The van der Waals surface area contributed by atoms with Gasteiger partial charge < -0.3 is 0 Å². The molecule has 0 N–H and O–H groups in total. The lowest BCUT2D eigenvalue weighted by Gasteiger charge is -2.29. The van der Waals surface area contributed by atoms with Crippen molar-refractivity contribution in [1.82, 2.24) is 0 Å². The summed E-state index contributed by atoms with van der Waals surface area (Å²) in [6.45, 7) is 0. The molecular weight excluding hydrogens is 285 g/mol. The summed E-state index contributed by atoms with van der Waals surface area (Å²) in [6, 6.07) is 15.5. The van der Waals surface area contributed by atoms with E-state index < -0.39 is 12.1 Å². The normalized spacial score (nSPS) is 18.6. The zero-order valence-corrected chi connectivity index (χ0v) is 12.0. The van der Waals surface area contributed by atoms with Crippen LogP contribution in [0.2, 0.25) is 0 Å².